The first-order valence-corrected chi connectivity index (χ1v) is 12.8. The van der Waals surface area contributed by atoms with E-state index in [1.54, 1.807) is 0 Å². The molecule has 0 saturated heterocycles. The molecule has 1 saturated carbocycles. The van der Waals surface area contributed by atoms with E-state index in [9.17, 15) is 4.79 Å². The van der Waals surface area contributed by atoms with Gasteiger partial charge in [0.25, 0.3) is 0 Å². The molecule has 0 spiro atoms. The fourth-order valence-electron chi connectivity index (χ4n) is 5.46. The van der Waals surface area contributed by atoms with Crippen molar-refractivity contribution in [3.8, 4) is 0 Å². The number of carbonyl (C=O) groups is 1. The zero-order valence-corrected chi connectivity index (χ0v) is 19.8. The minimum atomic E-state index is 0.205. The molecule has 1 aromatic rings. The van der Waals surface area contributed by atoms with E-state index in [2.05, 4.69) is 49.2 Å². The molecule has 1 aliphatic heterocycles. The van der Waals surface area contributed by atoms with E-state index in [0.29, 0.717) is 0 Å². The Balaban J connectivity index is 1.70. The highest BCUT2D eigenvalue weighted by Gasteiger charge is 2.38. The van der Waals surface area contributed by atoms with Crippen LogP contribution < -0.4 is 10.2 Å². The third kappa shape index (κ3) is 5.80. The summed E-state index contributed by atoms with van der Waals surface area (Å²) in [6.45, 7) is 9.25. The molecule has 1 fully saturated rings. The van der Waals surface area contributed by atoms with Crippen LogP contribution in [-0.4, -0.2) is 19.0 Å². The molecule has 3 heteroatoms. The average Bonchev–Trinajstić information content (AvgIpc) is 3.04. The van der Waals surface area contributed by atoms with Gasteiger partial charge in [0, 0.05) is 35.8 Å². The van der Waals surface area contributed by atoms with Crippen LogP contribution in [0.15, 0.2) is 18.2 Å². The van der Waals surface area contributed by atoms with Crippen molar-refractivity contribution >= 4 is 17.3 Å². The molecule has 168 valence electrons. The van der Waals surface area contributed by atoms with Gasteiger partial charge in [-0.15, -0.1) is 0 Å². The van der Waals surface area contributed by atoms with Crippen LogP contribution in [0.2, 0.25) is 0 Å². The Labute approximate surface area is 185 Å². The van der Waals surface area contributed by atoms with E-state index in [4.69, 9.17) is 0 Å². The van der Waals surface area contributed by atoms with Crippen molar-refractivity contribution in [1.29, 1.82) is 0 Å². The summed E-state index contributed by atoms with van der Waals surface area (Å²) in [5.74, 6) is 0.433. The summed E-state index contributed by atoms with van der Waals surface area (Å²) >= 11 is 0. The van der Waals surface area contributed by atoms with Gasteiger partial charge in [-0.3, -0.25) is 4.79 Å². The normalized spacial score (nSPS) is 21.6. The van der Waals surface area contributed by atoms with Gasteiger partial charge in [-0.25, -0.2) is 0 Å². The number of carbonyl (C=O) groups excluding carboxylic acids is 1. The van der Waals surface area contributed by atoms with E-state index in [1.165, 1.54) is 81.9 Å². The molecule has 0 bridgehead atoms. The predicted octanol–water partition coefficient (Wildman–Crippen LogP) is 7.44. The Kier molecular flexibility index (Phi) is 8.65. The van der Waals surface area contributed by atoms with Crippen LogP contribution in [0.5, 0.6) is 0 Å². The van der Waals surface area contributed by atoms with Gasteiger partial charge in [0.1, 0.15) is 0 Å². The Morgan fingerprint density at radius 3 is 2.50 bits per heavy atom. The molecule has 1 aliphatic carbocycles. The molecule has 1 aromatic carbocycles. The van der Waals surface area contributed by atoms with Gasteiger partial charge in [-0.2, -0.15) is 0 Å². The van der Waals surface area contributed by atoms with Crippen LogP contribution in [0.25, 0.3) is 0 Å². The van der Waals surface area contributed by atoms with E-state index < -0.39 is 0 Å². The maximum atomic E-state index is 12.8. The quantitative estimate of drug-likeness (QED) is 0.383. The number of fused-ring (bicyclic) bond motifs is 1. The molecule has 3 rings (SSSR count). The molecule has 2 aliphatic rings. The number of hydrogen-bond donors (Lipinski definition) is 1. The van der Waals surface area contributed by atoms with Crippen molar-refractivity contribution in [2.45, 2.75) is 110 Å². The Morgan fingerprint density at radius 2 is 1.77 bits per heavy atom. The highest BCUT2D eigenvalue weighted by Crippen LogP contribution is 2.45. The van der Waals surface area contributed by atoms with Crippen LogP contribution in [0.3, 0.4) is 0 Å². The summed E-state index contributed by atoms with van der Waals surface area (Å²) in [5.41, 5.74) is 4.07. The molecule has 0 radical (unpaired) electrons. The Morgan fingerprint density at radius 1 is 1.03 bits per heavy atom. The highest BCUT2D eigenvalue weighted by atomic mass is 16.1. The summed E-state index contributed by atoms with van der Waals surface area (Å²) < 4.78 is 0. The maximum absolute atomic E-state index is 12.8. The molecule has 1 heterocycles. The average molecular weight is 413 g/mol. The fourth-order valence-corrected chi connectivity index (χ4v) is 5.46. The number of unbranched alkanes of at least 4 members (excludes halogenated alkanes) is 5. The van der Waals surface area contributed by atoms with Gasteiger partial charge in [-0.1, -0.05) is 84.6 Å². The number of rotatable bonds is 11. The smallest absolute Gasteiger partial charge is 0.227 e. The van der Waals surface area contributed by atoms with E-state index in [-0.39, 0.29) is 17.2 Å². The number of benzene rings is 1. The summed E-state index contributed by atoms with van der Waals surface area (Å²) in [5, 5.41) is 3.25. The Bertz CT molecular complexity index is 679. The van der Waals surface area contributed by atoms with E-state index >= 15 is 0 Å². The van der Waals surface area contributed by atoms with Crippen LogP contribution in [-0.2, 0) is 10.2 Å². The van der Waals surface area contributed by atoms with Gasteiger partial charge in [-0.05, 0) is 43.4 Å². The minimum absolute atomic E-state index is 0.205. The summed E-state index contributed by atoms with van der Waals surface area (Å²) in [4.78, 5) is 15.3. The molecule has 1 amide bonds. The van der Waals surface area contributed by atoms with Crippen LogP contribution in [0.1, 0.15) is 110 Å². The summed E-state index contributed by atoms with van der Waals surface area (Å²) in [7, 11) is 0. The van der Waals surface area contributed by atoms with Gasteiger partial charge < -0.3 is 10.2 Å². The third-order valence-electron chi connectivity index (χ3n) is 7.39. The topological polar surface area (TPSA) is 32.3 Å². The lowest BCUT2D eigenvalue weighted by molar-refractivity contribution is -0.120. The van der Waals surface area contributed by atoms with Crippen molar-refractivity contribution < 1.29 is 4.79 Å². The monoisotopic (exact) mass is 412 g/mol. The molecule has 30 heavy (non-hydrogen) atoms. The zero-order valence-electron chi connectivity index (χ0n) is 19.8. The second kappa shape index (κ2) is 11.2. The molecular weight excluding hydrogens is 368 g/mol. The zero-order chi connectivity index (χ0) is 21.4. The Hall–Kier alpha value is -1.51. The first-order chi connectivity index (χ1) is 14.6. The second-order valence-corrected chi connectivity index (χ2v) is 10.1. The lowest BCUT2D eigenvalue weighted by atomic mass is 9.79. The molecular formula is C27H44N2O. The van der Waals surface area contributed by atoms with Gasteiger partial charge in [0.05, 0.1) is 0 Å². The number of anilines is 2. The summed E-state index contributed by atoms with van der Waals surface area (Å²) in [6, 6.07) is 6.72. The van der Waals surface area contributed by atoms with Crippen LogP contribution in [0.4, 0.5) is 11.4 Å². The number of amides is 1. The van der Waals surface area contributed by atoms with Crippen LogP contribution in [0, 0.1) is 5.92 Å². The number of hydrogen-bond acceptors (Lipinski definition) is 2. The van der Waals surface area contributed by atoms with E-state index in [0.717, 1.165) is 31.6 Å². The predicted molar refractivity (Wildman–Crippen MR) is 129 cm³/mol. The van der Waals surface area contributed by atoms with Gasteiger partial charge >= 0.3 is 0 Å². The first kappa shape index (κ1) is 23.2. The highest BCUT2D eigenvalue weighted by molar-refractivity contribution is 5.93. The van der Waals surface area contributed by atoms with Crippen molar-refractivity contribution in [2.75, 3.05) is 23.3 Å². The van der Waals surface area contributed by atoms with E-state index in [1.807, 2.05) is 0 Å². The fraction of sp³-hybridized carbons (Fsp3) is 0.741. The second-order valence-electron chi connectivity index (χ2n) is 10.1. The third-order valence-corrected chi connectivity index (χ3v) is 7.39. The molecule has 1 atom stereocenters. The largest absolute Gasteiger partial charge is 0.370 e. The van der Waals surface area contributed by atoms with Crippen LogP contribution >= 0.6 is 0 Å². The molecule has 3 nitrogen and oxygen atoms in total. The lowest BCUT2D eigenvalue weighted by Crippen LogP contribution is -2.31. The molecule has 1 unspecified atom stereocenters. The minimum Gasteiger partial charge on any atom is -0.370 e. The number of nitrogens with zero attached hydrogens (tertiary/aromatic N) is 1. The summed E-state index contributed by atoms with van der Waals surface area (Å²) in [6.07, 6.45) is 16.2. The van der Waals surface area contributed by atoms with Gasteiger partial charge in [0.15, 0.2) is 0 Å². The van der Waals surface area contributed by atoms with Crippen molar-refractivity contribution in [2.24, 2.45) is 5.92 Å². The maximum Gasteiger partial charge on any atom is 0.227 e. The van der Waals surface area contributed by atoms with Crippen molar-refractivity contribution in [1.82, 2.24) is 0 Å². The molecule has 1 N–H and O–H groups in total. The van der Waals surface area contributed by atoms with Gasteiger partial charge in [0.2, 0.25) is 5.91 Å². The molecule has 0 aromatic heterocycles. The van der Waals surface area contributed by atoms with Crippen molar-refractivity contribution in [3.63, 3.8) is 0 Å². The van der Waals surface area contributed by atoms with Crippen molar-refractivity contribution in [3.05, 3.63) is 23.8 Å². The SMILES string of the molecule is CCCCCCCC1(C)CN(CCCC)c2cc(NC(=O)C3CCCCC3)ccc21. The lowest BCUT2D eigenvalue weighted by Gasteiger charge is -2.26. The standard InChI is InChI=1S/C27H44N2O/c1-4-6-8-9-13-18-27(3)21-29(19-7-5-2)25-20-23(16-17-24(25)27)28-26(30)22-14-11-10-12-15-22/h16-17,20,22H,4-15,18-19,21H2,1-3H3,(H,28,30). The number of nitrogens with one attached hydrogen (secondary N) is 1. The first-order valence-electron chi connectivity index (χ1n) is 12.8.